The Bertz CT molecular complexity index is 1060. The van der Waals surface area contributed by atoms with Crippen molar-refractivity contribution in [3.63, 3.8) is 0 Å². The Kier molecular flexibility index (Phi) is 4.54. The summed E-state index contributed by atoms with van der Waals surface area (Å²) in [7, 11) is 0. The minimum atomic E-state index is -0.626. The number of nitrogens with one attached hydrogen (secondary N) is 1. The van der Waals surface area contributed by atoms with Crippen LogP contribution in [0.15, 0.2) is 36.5 Å². The highest BCUT2D eigenvalue weighted by atomic mass is 16.2. The van der Waals surface area contributed by atoms with E-state index in [1.165, 1.54) is 4.90 Å². The van der Waals surface area contributed by atoms with Crippen molar-refractivity contribution in [2.45, 2.75) is 45.8 Å². The molecule has 8 heteroatoms. The van der Waals surface area contributed by atoms with E-state index in [4.69, 9.17) is 0 Å². The van der Waals surface area contributed by atoms with E-state index in [0.29, 0.717) is 12.1 Å². The predicted molar refractivity (Wildman–Crippen MR) is 103 cm³/mol. The van der Waals surface area contributed by atoms with Crippen LogP contribution >= 0.6 is 0 Å². The second-order valence-corrected chi connectivity index (χ2v) is 7.35. The van der Waals surface area contributed by atoms with E-state index < -0.39 is 6.04 Å². The molecule has 4 rings (SSSR count). The standard InChI is InChI=1S/C20H22N6O2/c1-12(2)26-11-15(23-24-26)9-18-19(27)25(20(28)22-18)10-14-8-13(3)21-17-7-5-4-6-16(14)17/h4-8,11-12,18H,9-10H2,1-3H3,(H,22,28)/t18-/m0/s1. The van der Waals surface area contributed by atoms with Crippen LogP contribution in [0.2, 0.25) is 0 Å². The fourth-order valence-electron chi connectivity index (χ4n) is 3.43. The first-order valence-electron chi connectivity index (χ1n) is 9.30. The van der Waals surface area contributed by atoms with Gasteiger partial charge in [-0.3, -0.25) is 14.7 Å². The maximum Gasteiger partial charge on any atom is 0.325 e. The van der Waals surface area contributed by atoms with Crippen LogP contribution in [0.1, 0.15) is 36.8 Å². The molecule has 0 radical (unpaired) electrons. The Hall–Kier alpha value is -3.29. The van der Waals surface area contributed by atoms with Gasteiger partial charge in [0.2, 0.25) is 0 Å². The first-order valence-corrected chi connectivity index (χ1v) is 9.30. The molecule has 1 saturated heterocycles. The molecule has 0 saturated carbocycles. The van der Waals surface area contributed by atoms with Gasteiger partial charge in [-0.25, -0.2) is 9.48 Å². The average molecular weight is 378 g/mol. The van der Waals surface area contributed by atoms with Crippen molar-refractivity contribution in [2.24, 2.45) is 0 Å². The summed E-state index contributed by atoms with van der Waals surface area (Å²) in [6.45, 7) is 6.12. The van der Waals surface area contributed by atoms with E-state index in [2.05, 4.69) is 20.6 Å². The Labute approximate surface area is 162 Å². The summed E-state index contributed by atoms with van der Waals surface area (Å²) >= 11 is 0. The molecule has 144 valence electrons. The zero-order valence-electron chi connectivity index (χ0n) is 16.1. The summed E-state index contributed by atoms with van der Waals surface area (Å²) in [5.41, 5.74) is 3.28. The summed E-state index contributed by atoms with van der Waals surface area (Å²) in [5.74, 6) is -0.248. The van der Waals surface area contributed by atoms with Gasteiger partial charge in [0.05, 0.1) is 17.8 Å². The van der Waals surface area contributed by atoms with Crippen LogP contribution in [0, 0.1) is 6.92 Å². The van der Waals surface area contributed by atoms with E-state index >= 15 is 0 Å². The highest BCUT2D eigenvalue weighted by Gasteiger charge is 2.38. The molecule has 2 aromatic heterocycles. The molecule has 1 aliphatic heterocycles. The molecular weight excluding hydrogens is 356 g/mol. The molecule has 3 amide bonds. The van der Waals surface area contributed by atoms with E-state index in [0.717, 1.165) is 22.2 Å². The minimum absolute atomic E-state index is 0.190. The number of hydrogen-bond donors (Lipinski definition) is 1. The summed E-state index contributed by atoms with van der Waals surface area (Å²) in [6, 6.07) is 8.83. The molecule has 8 nitrogen and oxygen atoms in total. The SMILES string of the molecule is Cc1cc(CN2C(=O)N[C@@H](Cc3cn(C(C)C)nn3)C2=O)c2ccccc2n1. The third-order valence-corrected chi connectivity index (χ3v) is 4.87. The molecule has 1 atom stereocenters. The minimum Gasteiger partial charge on any atom is -0.325 e. The summed E-state index contributed by atoms with van der Waals surface area (Å²) in [6.07, 6.45) is 2.14. The number of carbonyl (C=O) groups excluding carboxylic acids is 2. The largest absolute Gasteiger partial charge is 0.325 e. The van der Waals surface area contributed by atoms with Gasteiger partial charge in [-0.1, -0.05) is 23.4 Å². The number of amides is 3. The number of aryl methyl sites for hydroxylation is 1. The number of hydrogen-bond acceptors (Lipinski definition) is 5. The fraction of sp³-hybridized carbons (Fsp3) is 0.350. The van der Waals surface area contributed by atoms with Gasteiger partial charge < -0.3 is 5.32 Å². The van der Waals surface area contributed by atoms with Gasteiger partial charge in [-0.05, 0) is 38.5 Å². The van der Waals surface area contributed by atoms with Crippen molar-refractivity contribution in [2.75, 3.05) is 0 Å². The monoisotopic (exact) mass is 378 g/mol. The Morgan fingerprint density at radius 2 is 2.00 bits per heavy atom. The van der Waals surface area contributed by atoms with Crippen LogP contribution in [0.5, 0.6) is 0 Å². The molecule has 0 spiro atoms. The molecule has 3 aromatic rings. The van der Waals surface area contributed by atoms with Crippen molar-refractivity contribution >= 4 is 22.8 Å². The molecule has 1 aromatic carbocycles. The van der Waals surface area contributed by atoms with Crippen LogP contribution in [-0.2, 0) is 17.8 Å². The maximum atomic E-state index is 12.9. The number of fused-ring (bicyclic) bond motifs is 1. The highest BCUT2D eigenvalue weighted by molar-refractivity contribution is 6.04. The maximum absolute atomic E-state index is 12.9. The van der Waals surface area contributed by atoms with Crippen LogP contribution in [-0.4, -0.2) is 42.9 Å². The second kappa shape index (κ2) is 7.03. The topological polar surface area (TPSA) is 93.0 Å². The first-order chi connectivity index (χ1) is 13.4. The second-order valence-electron chi connectivity index (χ2n) is 7.35. The van der Waals surface area contributed by atoms with E-state index in [1.807, 2.05) is 57.3 Å². The molecule has 1 fully saturated rings. The van der Waals surface area contributed by atoms with Gasteiger partial charge >= 0.3 is 6.03 Å². The lowest BCUT2D eigenvalue weighted by atomic mass is 10.1. The summed E-state index contributed by atoms with van der Waals surface area (Å²) in [5, 5.41) is 11.9. The molecule has 3 heterocycles. The Balaban J connectivity index is 1.55. The third kappa shape index (κ3) is 3.33. The molecular formula is C20H22N6O2. The number of carbonyl (C=O) groups is 2. The average Bonchev–Trinajstić information content (AvgIpc) is 3.22. The molecule has 1 aliphatic rings. The van der Waals surface area contributed by atoms with Crippen LogP contribution in [0.4, 0.5) is 4.79 Å². The highest BCUT2D eigenvalue weighted by Crippen LogP contribution is 2.22. The van der Waals surface area contributed by atoms with Gasteiger partial charge in [-0.15, -0.1) is 5.10 Å². The van der Waals surface area contributed by atoms with Crippen LogP contribution in [0.3, 0.4) is 0 Å². The quantitative estimate of drug-likeness (QED) is 0.688. The molecule has 28 heavy (non-hydrogen) atoms. The van der Waals surface area contributed by atoms with Gasteiger partial charge in [-0.2, -0.15) is 0 Å². The number of urea groups is 1. The number of pyridine rings is 1. The molecule has 1 N–H and O–H groups in total. The number of para-hydroxylation sites is 1. The number of nitrogens with zero attached hydrogens (tertiary/aromatic N) is 5. The predicted octanol–water partition coefficient (Wildman–Crippen LogP) is 2.38. The summed E-state index contributed by atoms with van der Waals surface area (Å²) < 4.78 is 1.74. The Morgan fingerprint density at radius 1 is 1.21 bits per heavy atom. The van der Waals surface area contributed by atoms with Crippen LogP contribution < -0.4 is 5.32 Å². The number of benzene rings is 1. The van der Waals surface area contributed by atoms with Gasteiger partial charge in [0, 0.05) is 29.7 Å². The zero-order valence-corrected chi connectivity index (χ0v) is 16.1. The van der Waals surface area contributed by atoms with Crippen molar-refractivity contribution < 1.29 is 9.59 Å². The zero-order chi connectivity index (χ0) is 19.8. The third-order valence-electron chi connectivity index (χ3n) is 4.87. The van der Waals surface area contributed by atoms with E-state index in [-0.39, 0.29) is 24.5 Å². The molecule has 0 aliphatic carbocycles. The number of aromatic nitrogens is 4. The van der Waals surface area contributed by atoms with Crippen LogP contribution in [0.25, 0.3) is 10.9 Å². The van der Waals surface area contributed by atoms with E-state index in [9.17, 15) is 9.59 Å². The van der Waals surface area contributed by atoms with Crippen molar-refractivity contribution in [1.82, 2.24) is 30.2 Å². The lowest BCUT2D eigenvalue weighted by Crippen LogP contribution is -2.32. The smallest absolute Gasteiger partial charge is 0.325 e. The van der Waals surface area contributed by atoms with Gasteiger partial charge in [0.1, 0.15) is 6.04 Å². The first kappa shape index (κ1) is 18.1. The fourth-order valence-corrected chi connectivity index (χ4v) is 3.43. The number of rotatable bonds is 5. The Morgan fingerprint density at radius 3 is 2.75 bits per heavy atom. The van der Waals surface area contributed by atoms with Gasteiger partial charge in [0.25, 0.3) is 5.91 Å². The molecule has 0 bridgehead atoms. The van der Waals surface area contributed by atoms with Crippen molar-refractivity contribution in [3.05, 3.63) is 53.5 Å². The summed E-state index contributed by atoms with van der Waals surface area (Å²) in [4.78, 5) is 31.1. The molecule has 0 unspecified atom stereocenters. The van der Waals surface area contributed by atoms with E-state index in [1.54, 1.807) is 4.68 Å². The van der Waals surface area contributed by atoms with Crippen molar-refractivity contribution in [1.29, 1.82) is 0 Å². The van der Waals surface area contributed by atoms with Crippen molar-refractivity contribution in [3.8, 4) is 0 Å². The lowest BCUT2D eigenvalue weighted by molar-refractivity contribution is -0.127. The van der Waals surface area contributed by atoms with Gasteiger partial charge in [0.15, 0.2) is 0 Å². The normalized spacial score (nSPS) is 17.0. The number of imide groups is 1. The lowest BCUT2D eigenvalue weighted by Gasteiger charge is -2.15.